The molecule has 22 heavy (non-hydrogen) atoms. The highest BCUT2D eigenvalue weighted by atomic mass is 19.4. The lowest BCUT2D eigenvalue weighted by atomic mass is 10.1. The molecule has 0 aliphatic rings. The number of nitrogens with zero attached hydrogens (tertiary/aromatic N) is 1. The van der Waals surface area contributed by atoms with Crippen LogP contribution in [0.1, 0.15) is 71.1 Å². The molecule has 128 valence electrons. The second-order valence-corrected chi connectivity index (χ2v) is 5.54. The SMILES string of the molecule is CCCCCCCCCCCC[n+]1ccccc1.FC(F)F. The van der Waals surface area contributed by atoms with Gasteiger partial charge in [-0.15, -0.1) is 0 Å². The lowest BCUT2D eigenvalue weighted by Gasteiger charge is -2.01. The first kappa shape index (κ1) is 20.9. The Morgan fingerprint density at radius 3 is 1.55 bits per heavy atom. The summed E-state index contributed by atoms with van der Waals surface area (Å²) in [7, 11) is 0. The van der Waals surface area contributed by atoms with Crippen LogP contribution >= 0.6 is 0 Å². The Bertz CT molecular complexity index is 315. The number of pyridine rings is 1. The molecule has 0 saturated heterocycles. The average Bonchev–Trinajstić information content (AvgIpc) is 2.50. The summed E-state index contributed by atoms with van der Waals surface area (Å²) in [6.45, 7) is -0.206. The number of hydrogen-bond donors (Lipinski definition) is 0. The molecule has 0 spiro atoms. The van der Waals surface area contributed by atoms with E-state index in [-0.39, 0.29) is 0 Å². The van der Waals surface area contributed by atoms with E-state index < -0.39 is 6.68 Å². The number of halogens is 3. The van der Waals surface area contributed by atoms with E-state index in [1.165, 1.54) is 70.8 Å². The molecule has 0 radical (unpaired) electrons. The molecule has 0 N–H and O–H groups in total. The van der Waals surface area contributed by atoms with Crippen molar-refractivity contribution in [2.45, 2.75) is 84.4 Å². The quantitative estimate of drug-likeness (QED) is 0.344. The summed E-state index contributed by atoms with van der Waals surface area (Å²) in [4.78, 5) is 0. The second kappa shape index (κ2) is 16.3. The van der Waals surface area contributed by atoms with Crippen LogP contribution in [0.25, 0.3) is 0 Å². The molecule has 0 bridgehead atoms. The number of alkyl halides is 3. The Morgan fingerprint density at radius 2 is 1.09 bits per heavy atom. The second-order valence-electron chi connectivity index (χ2n) is 5.54. The monoisotopic (exact) mass is 318 g/mol. The molecule has 4 heteroatoms. The molecule has 1 rings (SSSR count). The Morgan fingerprint density at radius 1 is 0.682 bits per heavy atom. The maximum atomic E-state index is 9.67. The van der Waals surface area contributed by atoms with Gasteiger partial charge in [-0.25, -0.2) is 4.57 Å². The molecule has 0 saturated carbocycles. The van der Waals surface area contributed by atoms with Crippen molar-refractivity contribution in [2.75, 3.05) is 0 Å². The third-order valence-electron chi connectivity index (χ3n) is 3.55. The van der Waals surface area contributed by atoms with Crippen molar-refractivity contribution in [3.05, 3.63) is 30.6 Å². The van der Waals surface area contributed by atoms with E-state index in [0.29, 0.717) is 0 Å². The highest BCUT2D eigenvalue weighted by Gasteiger charge is 1.97. The maximum absolute atomic E-state index is 9.67. The number of aromatic nitrogens is 1. The normalized spacial score (nSPS) is 10.4. The number of unbranched alkanes of at least 4 members (excludes halogenated alkanes) is 9. The summed E-state index contributed by atoms with van der Waals surface area (Å²) in [6, 6.07) is 6.29. The summed E-state index contributed by atoms with van der Waals surface area (Å²) < 4.78 is 31.3. The summed E-state index contributed by atoms with van der Waals surface area (Å²) in [5.41, 5.74) is 0. The lowest BCUT2D eigenvalue weighted by Crippen LogP contribution is -2.32. The van der Waals surface area contributed by atoms with Crippen LogP contribution in [0.4, 0.5) is 13.2 Å². The Labute approximate surface area is 133 Å². The fourth-order valence-corrected chi connectivity index (χ4v) is 2.37. The van der Waals surface area contributed by atoms with Crippen molar-refractivity contribution >= 4 is 0 Å². The first-order valence-corrected chi connectivity index (χ1v) is 8.53. The van der Waals surface area contributed by atoms with Gasteiger partial charge in [0, 0.05) is 18.6 Å². The minimum Gasteiger partial charge on any atom is -0.205 e. The Balaban J connectivity index is 0.000000980. The fourth-order valence-electron chi connectivity index (χ4n) is 2.37. The summed E-state index contributed by atoms with van der Waals surface area (Å²) in [5, 5.41) is 0. The van der Waals surface area contributed by atoms with Gasteiger partial charge in [0.05, 0.1) is 0 Å². The summed E-state index contributed by atoms with van der Waals surface area (Å²) in [5.74, 6) is 0. The largest absolute Gasteiger partial charge is 0.379 e. The van der Waals surface area contributed by atoms with E-state index >= 15 is 0 Å². The van der Waals surface area contributed by atoms with Crippen molar-refractivity contribution in [3.63, 3.8) is 0 Å². The predicted molar refractivity (Wildman–Crippen MR) is 85.6 cm³/mol. The van der Waals surface area contributed by atoms with Gasteiger partial charge in [-0.3, -0.25) is 0 Å². The van der Waals surface area contributed by atoms with E-state index in [2.05, 4.69) is 42.1 Å². The molecule has 1 aromatic heterocycles. The molecule has 0 atom stereocenters. The first-order valence-electron chi connectivity index (χ1n) is 8.53. The lowest BCUT2D eigenvalue weighted by molar-refractivity contribution is -0.697. The average molecular weight is 318 g/mol. The van der Waals surface area contributed by atoms with Crippen LogP contribution in [0.3, 0.4) is 0 Å². The van der Waals surface area contributed by atoms with Crippen molar-refractivity contribution < 1.29 is 17.7 Å². The number of hydrogen-bond acceptors (Lipinski definition) is 0. The van der Waals surface area contributed by atoms with E-state index in [1.807, 2.05) is 0 Å². The van der Waals surface area contributed by atoms with Crippen molar-refractivity contribution in [1.82, 2.24) is 0 Å². The van der Waals surface area contributed by atoms with Gasteiger partial charge in [0.25, 0.3) is 0 Å². The number of rotatable bonds is 11. The van der Waals surface area contributed by atoms with E-state index in [9.17, 15) is 13.2 Å². The molecule has 1 heterocycles. The highest BCUT2D eigenvalue weighted by molar-refractivity contribution is 4.83. The van der Waals surface area contributed by atoms with Crippen molar-refractivity contribution in [2.24, 2.45) is 0 Å². The van der Waals surface area contributed by atoms with Gasteiger partial charge in [0.2, 0.25) is 0 Å². The van der Waals surface area contributed by atoms with Crippen molar-refractivity contribution in [1.29, 1.82) is 0 Å². The molecular formula is C18H31F3N+. The topological polar surface area (TPSA) is 3.88 Å². The fraction of sp³-hybridized carbons (Fsp3) is 0.722. The van der Waals surface area contributed by atoms with Gasteiger partial charge in [0.15, 0.2) is 12.4 Å². The molecule has 0 aromatic carbocycles. The van der Waals surface area contributed by atoms with E-state index in [0.717, 1.165) is 0 Å². The van der Waals surface area contributed by atoms with Crippen LogP contribution in [0.5, 0.6) is 0 Å². The Hall–Kier alpha value is -1.06. The smallest absolute Gasteiger partial charge is 0.205 e. The zero-order chi connectivity index (χ0) is 16.5. The minimum atomic E-state index is -3.67. The van der Waals surface area contributed by atoms with Crippen LogP contribution in [0, 0.1) is 0 Å². The molecule has 0 aliphatic carbocycles. The third-order valence-corrected chi connectivity index (χ3v) is 3.55. The van der Waals surface area contributed by atoms with Crippen LogP contribution in [0.15, 0.2) is 30.6 Å². The van der Waals surface area contributed by atoms with Crippen LogP contribution in [-0.2, 0) is 6.54 Å². The molecule has 0 amide bonds. The maximum Gasteiger partial charge on any atom is 0.379 e. The zero-order valence-electron chi connectivity index (χ0n) is 13.8. The van der Waals surface area contributed by atoms with Crippen molar-refractivity contribution in [3.8, 4) is 0 Å². The van der Waals surface area contributed by atoms with Gasteiger partial charge in [-0.05, 0) is 6.42 Å². The van der Waals surface area contributed by atoms with Gasteiger partial charge in [0.1, 0.15) is 6.54 Å². The standard InChI is InChI=1S/C17H30N.CHF3/c1-2-3-4-5-6-7-8-9-10-12-15-18-16-13-11-14-17-18;2-1(3)4/h11,13-14,16-17H,2-10,12,15H2,1H3;1H/q+1;. The number of aryl methyl sites for hydroxylation is 1. The van der Waals surface area contributed by atoms with Crippen LogP contribution in [-0.4, -0.2) is 6.68 Å². The molecule has 1 aromatic rings. The van der Waals surface area contributed by atoms with Crippen LogP contribution < -0.4 is 4.57 Å². The van der Waals surface area contributed by atoms with Gasteiger partial charge in [-0.2, -0.15) is 13.2 Å². The first-order chi connectivity index (χ1) is 10.7. The van der Waals surface area contributed by atoms with Gasteiger partial charge in [-0.1, -0.05) is 64.4 Å². The zero-order valence-corrected chi connectivity index (χ0v) is 13.8. The molecular weight excluding hydrogens is 287 g/mol. The van der Waals surface area contributed by atoms with E-state index in [1.54, 1.807) is 0 Å². The molecule has 0 aliphatic heterocycles. The van der Waals surface area contributed by atoms with E-state index in [4.69, 9.17) is 0 Å². The summed E-state index contributed by atoms with van der Waals surface area (Å²) >= 11 is 0. The summed E-state index contributed by atoms with van der Waals surface area (Å²) in [6.07, 6.45) is 18.5. The van der Waals surface area contributed by atoms with Gasteiger partial charge >= 0.3 is 6.68 Å². The molecule has 1 nitrogen and oxygen atoms in total. The predicted octanol–water partition coefficient (Wildman–Crippen LogP) is 6.07. The van der Waals surface area contributed by atoms with Crippen LogP contribution in [0.2, 0.25) is 0 Å². The molecule has 0 fully saturated rings. The third kappa shape index (κ3) is 17.0. The Kier molecular flexibility index (Phi) is 15.5. The minimum absolute atomic E-state index is 1.18. The highest BCUT2D eigenvalue weighted by Crippen LogP contribution is 2.10. The molecule has 0 unspecified atom stereocenters. The van der Waals surface area contributed by atoms with Gasteiger partial charge < -0.3 is 0 Å².